The predicted octanol–water partition coefficient (Wildman–Crippen LogP) is 11.9. The van der Waals surface area contributed by atoms with Crippen LogP contribution in [0, 0.1) is 5.41 Å². The Balaban J connectivity index is 1.08. The molecule has 7 aromatic carbocycles. The zero-order chi connectivity index (χ0) is 32.8. The molecule has 1 nitrogen and oxygen atoms in total. The van der Waals surface area contributed by atoms with Gasteiger partial charge in [0.05, 0.1) is 11.1 Å². The second-order valence-electron chi connectivity index (χ2n) is 12.8. The number of hydrogen-bond acceptors (Lipinski definition) is 1. The first-order valence-electron chi connectivity index (χ1n) is 16.9. The van der Waals surface area contributed by atoms with Crippen molar-refractivity contribution in [2.45, 2.75) is 5.41 Å². The fourth-order valence-electron chi connectivity index (χ4n) is 7.97. The molecule has 1 N–H and O–H groups in total. The third kappa shape index (κ3) is 4.66. The van der Waals surface area contributed by atoms with Gasteiger partial charge in [-0.3, -0.25) is 0 Å². The summed E-state index contributed by atoms with van der Waals surface area (Å²) < 4.78 is 0. The molecule has 0 amide bonds. The van der Waals surface area contributed by atoms with Crippen molar-refractivity contribution in [1.82, 2.24) is 0 Å². The monoisotopic (exact) mass is 623 g/mol. The number of fused-ring (bicyclic) bond motifs is 10. The van der Waals surface area contributed by atoms with Gasteiger partial charge in [0.2, 0.25) is 0 Å². The minimum absolute atomic E-state index is 0.325. The van der Waals surface area contributed by atoms with E-state index in [1.54, 1.807) is 0 Å². The summed E-state index contributed by atoms with van der Waals surface area (Å²) in [6, 6.07) is 62.8. The topological polar surface area (TPSA) is 23.9 Å². The van der Waals surface area contributed by atoms with E-state index in [1.807, 2.05) is 42.5 Å². The molecular weight excluding hydrogens is 591 g/mol. The first kappa shape index (κ1) is 28.9. The van der Waals surface area contributed by atoms with Crippen LogP contribution in [0.1, 0.15) is 38.9 Å². The lowest BCUT2D eigenvalue weighted by Gasteiger charge is -2.30. The maximum atomic E-state index is 9.05. The van der Waals surface area contributed by atoms with E-state index in [2.05, 4.69) is 152 Å². The molecule has 0 aliphatic heterocycles. The maximum absolute atomic E-state index is 9.05. The molecule has 0 bridgehead atoms. The maximum Gasteiger partial charge on any atom is 0.0725 e. The largest absolute Gasteiger partial charge is 0.300 e. The highest BCUT2D eigenvalue weighted by Gasteiger charge is 2.51. The molecule has 1 spiro atoms. The molecule has 0 unspecified atom stereocenters. The Hall–Kier alpha value is -6.31. The fourth-order valence-corrected chi connectivity index (χ4v) is 7.97. The van der Waals surface area contributed by atoms with E-state index in [-0.39, 0.29) is 5.41 Å². The van der Waals surface area contributed by atoms with E-state index in [0.717, 1.165) is 27.8 Å². The molecule has 230 valence electrons. The van der Waals surface area contributed by atoms with Crippen LogP contribution in [0.4, 0.5) is 0 Å². The number of benzene rings is 7. The smallest absolute Gasteiger partial charge is 0.0725 e. The van der Waals surface area contributed by atoms with Gasteiger partial charge in [-0.2, -0.15) is 0 Å². The molecule has 0 saturated heterocycles. The first-order chi connectivity index (χ1) is 24.2. The van der Waals surface area contributed by atoms with Gasteiger partial charge >= 0.3 is 0 Å². The van der Waals surface area contributed by atoms with Gasteiger partial charge in [-0.15, -0.1) is 0 Å². The second kappa shape index (κ2) is 11.7. The molecule has 7 aromatic rings. The van der Waals surface area contributed by atoms with Crippen molar-refractivity contribution >= 4 is 17.4 Å². The van der Waals surface area contributed by atoms with Crippen LogP contribution >= 0.6 is 0 Å². The Labute approximate surface area is 287 Å². The summed E-state index contributed by atoms with van der Waals surface area (Å²) in [6.07, 6.45) is 6.17. The van der Waals surface area contributed by atoms with Gasteiger partial charge < -0.3 is 5.41 Å². The molecule has 0 fully saturated rings. The van der Waals surface area contributed by atoms with E-state index in [9.17, 15) is 0 Å². The Bertz CT molecular complexity index is 2380. The van der Waals surface area contributed by atoms with Gasteiger partial charge in [0.15, 0.2) is 0 Å². The summed E-state index contributed by atoms with van der Waals surface area (Å²) in [6.45, 7) is 0. The highest BCUT2D eigenvalue weighted by molar-refractivity contribution is 6.11. The van der Waals surface area contributed by atoms with Crippen LogP contribution in [0.5, 0.6) is 0 Å². The lowest BCUT2D eigenvalue weighted by molar-refractivity contribution is 0.794. The minimum atomic E-state index is -0.325. The predicted molar refractivity (Wildman–Crippen MR) is 205 cm³/mol. The summed E-state index contributed by atoms with van der Waals surface area (Å²) in [5.74, 6) is 0. The molecule has 2 aliphatic carbocycles. The van der Waals surface area contributed by atoms with Crippen molar-refractivity contribution in [1.29, 1.82) is 5.41 Å². The molecule has 49 heavy (non-hydrogen) atoms. The van der Waals surface area contributed by atoms with Crippen molar-refractivity contribution in [3.8, 4) is 33.4 Å². The Kier molecular flexibility index (Phi) is 6.92. The average molecular weight is 624 g/mol. The highest BCUT2D eigenvalue weighted by atomic mass is 14.5. The molecule has 0 aromatic heterocycles. The van der Waals surface area contributed by atoms with Gasteiger partial charge in [-0.05, 0) is 90.0 Å². The molecule has 2 aliphatic rings. The summed E-state index contributed by atoms with van der Waals surface area (Å²) in [5.41, 5.74) is 17.2. The zero-order valence-corrected chi connectivity index (χ0v) is 27.0. The van der Waals surface area contributed by atoms with Gasteiger partial charge in [0, 0.05) is 0 Å². The number of hydrogen-bond donors (Lipinski definition) is 1. The number of allylic oxidation sites excluding steroid dienone is 3. The average Bonchev–Trinajstić information content (AvgIpc) is 3.64. The molecule has 0 radical (unpaired) electrons. The van der Waals surface area contributed by atoms with Crippen LogP contribution in [-0.4, -0.2) is 5.71 Å². The van der Waals surface area contributed by atoms with Crippen molar-refractivity contribution in [3.05, 3.63) is 227 Å². The molecule has 9 rings (SSSR count). The normalized spacial score (nSPS) is 13.6. The van der Waals surface area contributed by atoms with E-state index in [4.69, 9.17) is 5.41 Å². The number of nitrogens with one attached hydrogen (secondary N) is 1. The third-order valence-corrected chi connectivity index (χ3v) is 10.2. The molecule has 0 heterocycles. The van der Waals surface area contributed by atoms with Crippen LogP contribution in [0.15, 0.2) is 188 Å². The summed E-state index contributed by atoms with van der Waals surface area (Å²) in [4.78, 5) is 0. The Morgan fingerprint density at radius 1 is 0.429 bits per heavy atom. The minimum Gasteiger partial charge on any atom is -0.300 e. The van der Waals surface area contributed by atoms with Gasteiger partial charge in [-0.25, -0.2) is 0 Å². The molecule has 1 heteroatoms. The van der Waals surface area contributed by atoms with Crippen molar-refractivity contribution in [2.75, 3.05) is 0 Å². The van der Waals surface area contributed by atoms with Crippen LogP contribution in [-0.2, 0) is 5.41 Å². The Morgan fingerprint density at radius 2 is 0.918 bits per heavy atom. The van der Waals surface area contributed by atoms with Crippen LogP contribution in [0.2, 0.25) is 0 Å². The van der Waals surface area contributed by atoms with Crippen molar-refractivity contribution in [3.63, 3.8) is 0 Å². The SMILES string of the molecule is N=C(/C=C(\C=C\c1ccccc1)c1ccccc1)c1ccc(-c2ccc3c(c2)-c2ccccc2C32c3ccccc3-c3ccccc32)cc1. The summed E-state index contributed by atoms with van der Waals surface area (Å²) in [7, 11) is 0. The van der Waals surface area contributed by atoms with Crippen LogP contribution < -0.4 is 0 Å². The Morgan fingerprint density at radius 3 is 1.53 bits per heavy atom. The summed E-state index contributed by atoms with van der Waals surface area (Å²) >= 11 is 0. The quantitative estimate of drug-likeness (QED) is 0.141. The van der Waals surface area contributed by atoms with Gasteiger partial charge in [0.1, 0.15) is 0 Å². The van der Waals surface area contributed by atoms with Gasteiger partial charge in [-0.1, -0.05) is 182 Å². The van der Waals surface area contributed by atoms with E-state index >= 15 is 0 Å². The highest BCUT2D eigenvalue weighted by Crippen LogP contribution is 2.62. The van der Waals surface area contributed by atoms with E-state index in [0.29, 0.717) is 5.71 Å². The van der Waals surface area contributed by atoms with Crippen LogP contribution in [0.3, 0.4) is 0 Å². The van der Waals surface area contributed by atoms with Crippen molar-refractivity contribution < 1.29 is 0 Å². The molecule has 0 saturated carbocycles. The van der Waals surface area contributed by atoms with Gasteiger partial charge in [0.25, 0.3) is 0 Å². The van der Waals surface area contributed by atoms with E-state index < -0.39 is 0 Å². The zero-order valence-electron chi connectivity index (χ0n) is 27.0. The lowest BCUT2D eigenvalue weighted by atomic mass is 9.70. The second-order valence-corrected chi connectivity index (χ2v) is 12.8. The van der Waals surface area contributed by atoms with E-state index in [1.165, 1.54) is 50.1 Å². The first-order valence-corrected chi connectivity index (χ1v) is 16.9. The summed E-state index contributed by atoms with van der Waals surface area (Å²) in [5, 5.41) is 9.05. The standard InChI is InChI=1S/C48H33N/c49-47(32-38(34-15-5-2-6-16-34)24-23-33-13-3-1-4-14-33)36-27-25-35(26-28-36)37-29-30-46-42(31-37)41-19-9-12-22-45(41)48(46)43-20-10-7-17-39(43)40-18-8-11-21-44(40)48/h1-32,49H/b24-23+,38-32+,49-47?. The number of rotatable bonds is 6. The van der Waals surface area contributed by atoms with Crippen LogP contribution in [0.25, 0.3) is 45.0 Å². The van der Waals surface area contributed by atoms with Crippen molar-refractivity contribution in [2.24, 2.45) is 0 Å². The lowest BCUT2D eigenvalue weighted by Crippen LogP contribution is -2.25. The molecular formula is C48H33N. The molecule has 0 atom stereocenters. The third-order valence-electron chi connectivity index (χ3n) is 10.2. The fraction of sp³-hybridized carbons (Fsp3) is 0.0208.